The Kier molecular flexibility index (Phi) is 4.51. The lowest BCUT2D eigenvalue weighted by molar-refractivity contribution is -0.147. The summed E-state index contributed by atoms with van der Waals surface area (Å²) >= 11 is 0. The molecular formula is C12H22N2O3. The Balaban J connectivity index is 2.53. The van der Waals surface area contributed by atoms with Crippen molar-refractivity contribution in [2.24, 2.45) is 5.41 Å². The summed E-state index contributed by atoms with van der Waals surface area (Å²) in [5, 5.41) is 12.0. The first kappa shape index (κ1) is 14.0. The van der Waals surface area contributed by atoms with Gasteiger partial charge in [0.2, 0.25) is 5.91 Å². The van der Waals surface area contributed by atoms with Crippen LogP contribution >= 0.6 is 0 Å². The maximum atomic E-state index is 11.8. The molecule has 2 atom stereocenters. The number of likely N-dealkylation sites (tertiary alicyclic amines) is 1. The molecule has 0 bridgehead atoms. The molecule has 98 valence electrons. The Hall–Kier alpha value is -1.10. The molecule has 1 saturated heterocycles. The van der Waals surface area contributed by atoms with Gasteiger partial charge in [-0.25, -0.2) is 0 Å². The first-order valence-corrected chi connectivity index (χ1v) is 6.16. The van der Waals surface area contributed by atoms with Crippen molar-refractivity contribution in [2.45, 2.75) is 39.7 Å². The SMILES string of the molecule is CCCNC(=O)C(C)N1CCC(C)(C(=O)O)C1. The fourth-order valence-electron chi connectivity index (χ4n) is 2.06. The van der Waals surface area contributed by atoms with Crippen LogP contribution in [0.5, 0.6) is 0 Å². The van der Waals surface area contributed by atoms with Crippen LogP contribution in [0.25, 0.3) is 0 Å². The van der Waals surface area contributed by atoms with Crippen LogP contribution in [0.2, 0.25) is 0 Å². The molecule has 1 aliphatic heterocycles. The molecule has 0 aromatic carbocycles. The monoisotopic (exact) mass is 242 g/mol. The Morgan fingerprint density at radius 2 is 2.18 bits per heavy atom. The van der Waals surface area contributed by atoms with Gasteiger partial charge in [0.1, 0.15) is 0 Å². The highest BCUT2D eigenvalue weighted by atomic mass is 16.4. The molecule has 5 heteroatoms. The predicted octanol–water partition coefficient (Wildman–Crippen LogP) is 0.698. The van der Waals surface area contributed by atoms with E-state index >= 15 is 0 Å². The molecule has 0 saturated carbocycles. The minimum absolute atomic E-state index is 0.0125. The van der Waals surface area contributed by atoms with Crippen molar-refractivity contribution >= 4 is 11.9 Å². The molecule has 1 aliphatic rings. The molecule has 17 heavy (non-hydrogen) atoms. The summed E-state index contributed by atoms with van der Waals surface area (Å²) in [7, 11) is 0. The van der Waals surface area contributed by atoms with E-state index in [4.69, 9.17) is 5.11 Å². The van der Waals surface area contributed by atoms with E-state index in [-0.39, 0.29) is 11.9 Å². The predicted molar refractivity (Wildman–Crippen MR) is 64.7 cm³/mol. The molecule has 5 nitrogen and oxygen atoms in total. The highest BCUT2D eigenvalue weighted by Crippen LogP contribution is 2.31. The summed E-state index contributed by atoms with van der Waals surface area (Å²) in [5.41, 5.74) is -0.709. The van der Waals surface area contributed by atoms with E-state index in [0.29, 0.717) is 26.1 Å². The fraction of sp³-hybridized carbons (Fsp3) is 0.833. The van der Waals surface area contributed by atoms with Crippen LogP contribution in [0.1, 0.15) is 33.6 Å². The van der Waals surface area contributed by atoms with Crippen molar-refractivity contribution in [2.75, 3.05) is 19.6 Å². The number of amides is 1. The van der Waals surface area contributed by atoms with E-state index in [0.717, 1.165) is 6.42 Å². The summed E-state index contributed by atoms with van der Waals surface area (Å²) in [6, 6.07) is -0.247. The third-order valence-corrected chi connectivity index (χ3v) is 3.50. The van der Waals surface area contributed by atoms with Gasteiger partial charge in [-0.15, -0.1) is 0 Å². The van der Waals surface area contributed by atoms with Gasteiger partial charge in [0.15, 0.2) is 0 Å². The van der Waals surface area contributed by atoms with Crippen molar-refractivity contribution in [1.29, 1.82) is 0 Å². The average Bonchev–Trinajstić information content (AvgIpc) is 2.69. The van der Waals surface area contributed by atoms with Gasteiger partial charge >= 0.3 is 5.97 Å². The third kappa shape index (κ3) is 3.19. The normalized spacial score (nSPS) is 26.8. The van der Waals surface area contributed by atoms with E-state index in [9.17, 15) is 9.59 Å². The van der Waals surface area contributed by atoms with Crippen molar-refractivity contribution in [3.05, 3.63) is 0 Å². The zero-order chi connectivity index (χ0) is 13.1. The number of carbonyl (C=O) groups excluding carboxylic acids is 1. The molecule has 1 fully saturated rings. The maximum absolute atomic E-state index is 11.8. The van der Waals surface area contributed by atoms with Crippen LogP contribution in [0.3, 0.4) is 0 Å². The summed E-state index contributed by atoms with van der Waals surface area (Å²) in [5.74, 6) is -0.789. The summed E-state index contributed by atoms with van der Waals surface area (Å²) in [6.45, 7) is 7.37. The highest BCUT2D eigenvalue weighted by molar-refractivity contribution is 5.81. The number of aliphatic carboxylic acids is 1. The van der Waals surface area contributed by atoms with E-state index < -0.39 is 11.4 Å². The number of nitrogens with zero attached hydrogens (tertiary/aromatic N) is 1. The molecule has 1 heterocycles. The summed E-state index contributed by atoms with van der Waals surface area (Å²) < 4.78 is 0. The average molecular weight is 242 g/mol. The van der Waals surface area contributed by atoms with Crippen molar-refractivity contribution in [1.82, 2.24) is 10.2 Å². The molecule has 0 aromatic heterocycles. The fourth-order valence-corrected chi connectivity index (χ4v) is 2.06. The third-order valence-electron chi connectivity index (χ3n) is 3.50. The molecule has 0 aliphatic carbocycles. The lowest BCUT2D eigenvalue weighted by Crippen LogP contribution is -2.45. The van der Waals surface area contributed by atoms with Gasteiger partial charge in [-0.05, 0) is 26.7 Å². The lowest BCUT2D eigenvalue weighted by Gasteiger charge is -2.25. The Labute approximate surface area is 102 Å². The van der Waals surface area contributed by atoms with Gasteiger partial charge < -0.3 is 10.4 Å². The van der Waals surface area contributed by atoms with Crippen LogP contribution in [-0.2, 0) is 9.59 Å². The second-order valence-electron chi connectivity index (χ2n) is 5.05. The maximum Gasteiger partial charge on any atom is 0.310 e. The number of rotatable bonds is 5. The first-order chi connectivity index (χ1) is 7.90. The van der Waals surface area contributed by atoms with Crippen LogP contribution in [0.15, 0.2) is 0 Å². The number of carboxylic acid groups (broad SMARTS) is 1. The zero-order valence-electron chi connectivity index (χ0n) is 10.8. The van der Waals surface area contributed by atoms with Crippen LogP contribution < -0.4 is 5.32 Å². The number of nitrogens with one attached hydrogen (secondary N) is 1. The van der Waals surface area contributed by atoms with E-state index in [2.05, 4.69) is 5.32 Å². The van der Waals surface area contributed by atoms with Crippen molar-refractivity contribution < 1.29 is 14.7 Å². The number of hydrogen-bond donors (Lipinski definition) is 2. The molecular weight excluding hydrogens is 220 g/mol. The van der Waals surface area contributed by atoms with Gasteiger partial charge in [0.25, 0.3) is 0 Å². The highest BCUT2D eigenvalue weighted by Gasteiger charge is 2.42. The molecule has 0 spiro atoms. The van der Waals surface area contributed by atoms with Crippen LogP contribution in [0, 0.1) is 5.41 Å². The minimum Gasteiger partial charge on any atom is -0.481 e. The second kappa shape index (κ2) is 5.49. The Bertz CT molecular complexity index is 306. The van der Waals surface area contributed by atoms with Crippen molar-refractivity contribution in [3.63, 3.8) is 0 Å². The van der Waals surface area contributed by atoms with Gasteiger partial charge in [-0.1, -0.05) is 6.92 Å². The molecule has 2 N–H and O–H groups in total. The minimum atomic E-state index is -0.777. The van der Waals surface area contributed by atoms with E-state index in [1.807, 2.05) is 18.7 Å². The number of carboxylic acids is 1. The smallest absolute Gasteiger partial charge is 0.310 e. The van der Waals surface area contributed by atoms with Gasteiger partial charge in [0, 0.05) is 19.6 Å². The molecule has 1 amide bonds. The molecule has 2 unspecified atom stereocenters. The molecule has 0 aromatic rings. The van der Waals surface area contributed by atoms with Gasteiger partial charge in [-0.2, -0.15) is 0 Å². The van der Waals surface area contributed by atoms with Crippen LogP contribution in [-0.4, -0.2) is 47.6 Å². The quantitative estimate of drug-likeness (QED) is 0.744. The second-order valence-corrected chi connectivity index (χ2v) is 5.05. The van der Waals surface area contributed by atoms with Crippen molar-refractivity contribution in [3.8, 4) is 0 Å². The van der Waals surface area contributed by atoms with E-state index in [1.54, 1.807) is 6.92 Å². The molecule has 1 rings (SSSR count). The zero-order valence-corrected chi connectivity index (χ0v) is 10.8. The van der Waals surface area contributed by atoms with Gasteiger partial charge in [0.05, 0.1) is 11.5 Å². The Morgan fingerprint density at radius 3 is 2.65 bits per heavy atom. The Morgan fingerprint density at radius 1 is 1.53 bits per heavy atom. The topological polar surface area (TPSA) is 69.6 Å². The standard InChI is InChI=1S/C12H22N2O3/c1-4-6-13-10(15)9(2)14-7-5-12(3,8-14)11(16)17/h9H,4-8H2,1-3H3,(H,13,15)(H,16,17). The van der Waals surface area contributed by atoms with Crippen LogP contribution in [0.4, 0.5) is 0 Å². The summed E-state index contributed by atoms with van der Waals surface area (Å²) in [6.07, 6.45) is 1.51. The number of hydrogen-bond acceptors (Lipinski definition) is 3. The summed E-state index contributed by atoms with van der Waals surface area (Å²) in [4.78, 5) is 24.8. The van der Waals surface area contributed by atoms with E-state index in [1.165, 1.54) is 0 Å². The largest absolute Gasteiger partial charge is 0.481 e. The lowest BCUT2D eigenvalue weighted by atomic mass is 9.90. The van der Waals surface area contributed by atoms with Gasteiger partial charge in [-0.3, -0.25) is 14.5 Å². The first-order valence-electron chi connectivity index (χ1n) is 6.16. The number of carbonyl (C=O) groups is 2. The molecule has 0 radical (unpaired) electrons.